The summed E-state index contributed by atoms with van der Waals surface area (Å²) >= 11 is 0. The Balaban J connectivity index is 2.05. The fourth-order valence-electron chi connectivity index (χ4n) is 1.84. The zero-order chi connectivity index (χ0) is 16.9. The summed E-state index contributed by atoms with van der Waals surface area (Å²) in [6.07, 6.45) is 1.59. The summed E-state index contributed by atoms with van der Waals surface area (Å²) in [7, 11) is 0. The van der Waals surface area contributed by atoms with Crippen molar-refractivity contribution in [2.75, 3.05) is 0 Å². The van der Waals surface area contributed by atoms with Crippen molar-refractivity contribution in [3.63, 3.8) is 0 Å². The van der Waals surface area contributed by atoms with Gasteiger partial charge in [0.25, 0.3) is 0 Å². The second kappa shape index (κ2) is 7.09. The number of pyridine rings is 1. The first-order valence-corrected chi connectivity index (χ1v) is 7.29. The first-order chi connectivity index (χ1) is 10.8. The van der Waals surface area contributed by atoms with E-state index in [2.05, 4.69) is 15.3 Å². The van der Waals surface area contributed by atoms with Crippen molar-refractivity contribution < 1.29 is 9.13 Å². The number of ether oxygens (including phenoxy) is 1. The number of guanidine groups is 1. The van der Waals surface area contributed by atoms with E-state index in [0.717, 1.165) is 5.56 Å². The normalized spacial score (nSPS) is 12.1. The van der Waals surface area contributed by atoms with Crippen molar-refractivity contribution in [3.8, 4) is 11.6 Å². The third kappa shape index (κ3) is 5.58. The molecule has 5 nitrogen and oxygen atoms in total. The predicted molar refractivity (Wildman–Crippen MR) is 88.9 cm³/mol. The topological polar surface area (TPSA) is 72.5 Å². The number of halogens is 1. The number of hydrogen-bond acceptors (Lipinski definition) is 3. The van der Waals surface area contributed by atoms with Gasteiger partial charge in [-0.25, -0.2) is 14.4 Å². The largest absolute Gasteiger partial charge is 0.436 e. The highest BCUT2D eigenvalue weighted by Crippen LogP contribution is 2.22. The van der Waals surface area contributed by atoms with Gasteiger partial charge in [0.05, 0.1) is 6.54 Å². The van der Waals surface area contributed by atoms with E-state index in [0.29, 0.717) is 18.4 Å². The zero-order valence-corrected chi connectivity index (χ0v) is 13.5. The summed E-state index contributed by atoms with van der Waals surface area (Å²) in [5.41, 5.74) is 6.55. The Labute approximate surface area is 135 Å². The van der Waals surface area contributed by atoms with E-state index in [1.54, 1.807) is 30.5 Å². The highest BCUT2D eigenvalue weighted by Gasteiger charge is 2.10. The van der Waals surface area contributed by atoms with Gasteiger partial charge >= 0.3 is 0 Å². The molecule has 0 fully saturated rings. The molecule has 1 aromatic heterocycles. The smallest absolute Gasteiger partial charge is 0.219 e. The quantitative estimate of drug-likeness (QED) is 0.671. The molecule has 0 atom stereocenters. The molecule has 6 heteroatoms. The monoisotopic (exact) mass is 316 g/mol. The van der Waals surface area contributed by atoms with E-state index in [9.17, 15) is 4.39 Å². The third-order valence-corrected chi connectivity index (χ3v) is 2.79. The van der Waals surface area contributed by atoms with Crippen LogP contribution in [0, 0.1) is 5.82 Å². The van der Waals surface area contributed by atoms with Gasteiger partial charge in [0.1, 0.15) is 0 Å². The lowest BCUT2D eigenvalue weighted by Gasteiger charge is -2.20. The molecule has 1 aromatic carbocycles. The summed E-state index contributed by atoms with van der Waals surface area (Å²) < 4.78 is 19.0. The van der Waals surface area contributed by atoms with Crippen molar-refractivity contribution in [3.05, 3.63) is 54.0 Å². The molecule has 122 valence electrons. The van der Waals surface area contributed by atoms with Gasteiger partial charge in [0, 0.05) is 17.8 Å². The maximum atomic E-state index is 13.6. The van der Waals surface area contributed by atoms with E-state index in [4.69, 9.17) is 10.5 Å². The van der Waals surface area contributed by atoms with Crippen molar-refractivity contribution in [1.82, 2.24) is 10.3 Å². The Morgan fingerprint density at radius 1 is 1.30 bits per heavy atom. The van der Waals surface area contributed by atoms with E-state index in [1.165, 1.54) is 6.07 Å². The molecule has 0 radical (unpaired) electrons. The third-order valence-electron chi connectivity index (χ3n) is 2.79. The van der Waals surface area contributed by atoms with E-state index in [-0.39, 0.29) is 11.3 Å². The van der Waals surface area contributed by atoms with Gasteiger partial charge in [0.2, 0.25) is 5.88 Å². The first kappa shape index (κ1) is 16.7. The number of rotatable bonds is 4. The van der Waals surface area contributed by atoms with E-state index in [1.807, 2.05) is 26.8 Å². The van der Waals surface area contributed by atoms with Crippen LogP contribution in [0.15, 0.2) is 47.6 Å². The number of hydrogen-bond donors (Lipinski definition) is 2. The van der Waals surface area contributed by atoms with Gasteiger partial charge in [-0.15, -0.1) is 0 Å². The molecule has 0 aliphatic heterocycles. The second-order valence-corrected chi connectivity index (χ2v) is 6.11. The fraction of sp³-hybridized carbons (Fsp3) is 0.294. The molecular weight excluding hydrogens is 295 g/mol. The molecule has 0 aliphatic rings. The Hall–Kier alpha value is -2.63. The Kier molecular flexibility index (Phi) is 5.16. The van der Waals surface area contributed by atoms with E-state index >= 15 is 0 Å². The van der Waals surface area contributed by atoms with Crippen LogP contribution < -0.4 is 15.8 Å². The Bertz CT molecular complexity index is 695. The molecule has 0 saturated heterocycles. The molecule has 0 aliphatic carbocycles. The van der Waals surface area contributed by atoms with Gasteiger partial charge in [-0.3, -0.25) is 0 Å². The van der Waals surface area contributed by atoms with Crippen LogP contribution in [0.1, 0.15) is 26.3 Å². The van der Waals surface area contributed by atoms with Crippen molar-refractivity contribution in [2.45, 2.75) is 32.9 Å². The van der Waals surface area contributed by atoms with Crippen LogP contribution >= 0.6 is 0 Å². The SMILES string of the molecule is CC(C)(C)NC(N)=NCc1ccnc(Oc2ccccc2F)c1. The summed E-state index contributed by atoms with van der Waals surface area (Å²) in [5.74, 6) is 0.377. The average Bonchev–Trinajstić information content (AvgIpc) is 2.46. The number of benzene rings is 1. The van der Waals surface area contributed by atoms with Crippen LogP contribution in [0.3, 0.4) is 0 Å². The zero-order valence-electron chi connectivity index (χ0n) is 13.5. The predicted octanol–water partition coefficient (Wildman–Crippen LogP) is 3.22. The van der Waals surface area contributed by atoms with Crippen LogP contribution in [0.4, 0.5) is 4.39 Å². The lowest BCUT2D eigenvalue weighted by atomic mass is 10.1. The minimum atomic E-state index is -0.434. The molecule has 0 bridgehead atoms. The van der Waals surface area contributed by atoms with Gasteiger partial charge in [-0.1, -0.05) is 12.1 Å². The van der Waals surface area contributed by atoms with Crippen LogP contribution in [0.25, 0.3) is 0 Å². The van der Waals surface area contributed by atoms with Gasteiger partial charge < -0.3 is 15.8 Å². The maximum Gasteiger partial charge on any atom is 0.219 e. The molecule has 0 amide bonds. The molecule has 3 N–H and O–H groups in total. The molecule has 0 saturated carbocycles. The highest BCUT2D eigenvalue weighted by molar-refractivity contribution is 5.78. The van der Waals surface area contributed by atoms with Gasteiger partial charge in [-0.2, -0.15) is 0 Å². The molecule has 23 heavy (non-hydrogen) atoms. The van der Waals surface area contributed by atoms with Crippen LogP contribution in [0.5, 0.6) is 11.6 Å². The minimum absolute atomic E-state index is 0.134. The number of nitrogens with two attached hydrogens (primary N) is 1. The standard InChI is InChI=1S/C17H21FN4O/c1-17(2,3)22-16(19)21-11-12-8-9-20-15(10-12)23-14-7-5-4-6-13(14)18/h4-10H,11H2,1-3H3,(H3,19,21,22). The summed E-state index contributed by atoms with van der Waals surface area (Å²) in [5, 5.41) is 3.08. The molecular formula is C17H21FN4O. The average molecular weight is 316 g/mol. The summed E-state index contributed by atoms with van der Waals surface area (Å²) in [6.45, 7) is 6.39. The summed E-state index contributed by atoms with van der Waals surface area (Å²) in [4.78, 5) is 8.35. The molecule has 0 unspecified atom stereocenters. The molecule has 1 heterocycles. The van der Waals surface area contributed by atoms with Crippen molar-refractivity contribution in [2.24, 2.45) is 10.7 Å². The second-order valence-electron chi connectivity index (χ2n) is 6.11. The fourth-order valence-corrected chi connectivity index (χ4v) is 1.84. The van der Waals surface area contributed by atoms with Crippen molar-refractivity contribution in [1.29, 1.82) is 0 Å². The van der Waals surface area contributed by atoms with Crippen LogP contribution in [0.2, 0.25) is 0 Å². The number of aliphatic imine (C=N–C) groups is 1. The summed E-state index contributed by atoms with van der Waals surface area (Å²) in [6, 6.07) is 9.70. The number of para-hydroxylation sites is 1. The number of nitrogens with zero attached hydrogens (tertiary/aromatic N) is 2. The maximum absolute atomic E-state index is 13.6. The first-order valence-electron chi connectivity index (χ1n) is 7.29. The van der Waals surface area contributed by atoms with Gasteiger partial charge in [0.15, 0.2) is 17.5 Å². The van der Waals surface area contributed by atoms with Gasteiger partial charge in [-0.05, 0) is 44.5 Å². The van der Waals surface area contributed by atoms with Crippen LogP contribution in [-0.2, 0) is 6.54 Å². The Morgan fingerprint density at radius 2 is 2.04 bits per heavy atom. The number of aromatic nitrogens is 1. The van der Waals surface area contributed by atoms with E-state index < -0.39 is 5.82 Å². The lowest BCUT2D eigenvalue weighted by molar-refractivity contribution is 0.427. The lowest BCUT2D eigenvalue weighted by Crippen LogP contribution is -2.44. The van der Waals surface area contributed by atoms with Crippen molar-refractivity contribution >= 4 is 5.96 Å². The molecule has 2 rings (SSSR count). The number of nitrogens with one attached hydrogen (secondary N) is 1. The minimum Gasteiger partial charge on any atom is -0.436 e. The molecule has 0 spiro atoms. The highest BCUT2D eigenvalue weighted by atomic mass is 19.1. The Morgan fingerprint density at radius 3 is 2.74 bits per heavy atom. The molecule has 2 aromatic rings. The van der Waals surface area contributed by atoms with Crippen LogP contribution in [-0.4, -0.2) is 16.5 Å².